The Morgan fingerprint density at radius 1 is 1.11 bits per heavy atom. The quantitative estimate of drug-likeness (QED) is 0.830. The van der Waals surface area contributed by atoms with Crippen molar-refractivity contribution in [1.82, 2.24) is 0 Å². The van der Waals surface area contributed by atoms with Gasteiger partial charge in [0, 0.05) is 5.92 Å². The van der Waals surface area contributed by atoms with E-state index in [9.17, 15) is 4.79 Å². The van der Waals surface area contributed by atoms with Crippen LogP contribution in [0.5, 0.6) is 0 Å². The Kier molecular flexibility index (Phi) is 5.43. The summed E-state index contributed by atoms with van der Waals surface area (Å²) in [6, 6.07) is 0. The number of carbonyl (C=O) groups is 1. The molecule has 0 aromatic rings. The molecule has 0 aromatic heterocycles. The number of hydrogen-bond acceptors (Lipinski definition) is 2. The molecule has 1 fully saturated rings. The third-order valence-electron chi connectivity index (χ3n) is 4.66. The van der Waals surface area contributed by atoms with E-state index in [1.54, 1.807) is 0 Å². The van der Waals surface area contributed by atoms with Crippen LogP contribution in [-0.2, 0) is 4.79 Å². The van der Waals surface area contributed by atoms with Gasteiger partial charge in [0.1, 0.15) is 0 Å². The van der Waals surface area contributed by atoms with Crippen LogP contribution in [0, 0.1) is 11.8 Å². The van der Waals surface area contributed by atoms with Crippen molar-refractivity contribution in [1.29, 1.82) is 0 Å². The number of allylic oxidation sites excluding steroid dienone is 2. The van der Waals surface area contributed by atoms with Crippen LogP contribution in [0.25, 0.3) is 0 Å². The molecule has 0 saturated heterocycles. The molecule has 0 bridgehead atoms. The van der Waals surface area contributed by atoms with Gasteiger partial charge in [-0.05, 0) is 69.4 Å². The summed E-state index contributed by atoms with van der Waals surface area (Å²) in [5.74, 6) is 1.44. The summed E-state index contributed by atoms with van der Waals surface area (Å²) >= 11 is 0. The minimum atomic E-state index is 0.304. The van der Waals surface area contributed by atoms with Gasteiger partial charge in [-0.2, -0.15) is 0 Å². The van der Waals surface area contributed by atoms with E-state index in [1.807, 2.05) is 0 Å². The highest BCUT2D eigenvalue weighted by Crippen LogP contribution is 2.31. The van der Waals surface area contributed by atoms with Gasteiger partial charge < -0.3 is 5.73 Å². The van der Waals surface area contributed by atoms with E-state index in [0.29, 0.717) is 17.6 Å². The molecule has 102 valence electrons. The lowest BCUT2D eigenvalue weighted by atomic mass is 9.77. The van der Waals surface area contributed by atoms with Crippen LogP contribution >= 0.6 is 0 Å². The Labute approximate surface area is 111 Å². The molecule has 0 unspecified atom stereocenters. The number of Topliss-reactive ketones (excluding diaryl/α,β-unsaturated/α-hetero) is 1. The SMILES string of the molecule is NCC1CCC(C(=O)C2=CCCCCCC2)CC1. The van der Waals surface area contributed by atoms with Gasteiger partial charge >= 0.3 is 0 Å². The molecule has 2 N–H and O–H groups in total. The average Bonchev–Trinajstić information content (AvgIpc) is 2.38. The minimum absolute atomic E-state index is 0.304. The highest BCUT2D eigenvalue weighted by atomic mass is 16.1. The van der Waals surface area contributed by atoms with Crippen molar-refractivity contribution < 1.29 is 4.79 Å². The van der Waals surface area contributed by atoms with Gasteiger partial charge in [-0.15, -0.1) is 0 Å². The predicted molar refractivity (Wildman–Crippen MR) is 75.3 cm³/mol. The lowest BCUT2D eigenvalue weighted by Crippen LogP contribution is -2.26. The molecular weight excluding hydrogens is 222 g/mol. The fourth-order valence-corrected chi connectivity index (χ4v) is 3.34. The summed E-state index contributed by atoms with van der Waals surface area (Å²) < 4.78 is 0. The molecule has 0 amide bonds. The molecule has 0 radical (unpaired) electrons. The second-order valence-corrected chi connectivity index (χ2v) is 6.00. The summed E-state index contributed by atoms with van der Waals surface area (Å²) in [7, 11) is 0. The molecular formula is C16H27NO. The lowest BCUT2D eigenvalue weighted by Gasteiger charge is -2.27. The highest BCUT2D eigenvalue weighted by molar-refractivity contribution is 5.97. The van der Waals surface area contributed by atoms with Gasteiger partial charge in [0.15, 0.2) is 5.78 Å². The van der Waals surface area contributed by atoms with E-state index in [0.717, 1.165) is 50.6 Å². The van der Waals surface area contributed by atoms with Crippen LogP contribution in [0.2, 0.25) is 0 Å². The van der Waals surface area contributed by atoms with Crippen molar-refractivity contribution in [3.63, 3.8) is 0 Å². The Morgan fingerprint density at radius 2 is 1.83 bits per heavy atom. The van der Waals surface area contributed by atoms with Crippen molar-refractivity contribution in [2.45, 2.75) is 64.2 Å². The van der Waals surface area contributed by atoms with E-state index >= 15 is 0 Å². The predicted octanol–water partition coefficient (Wildman–Crippen LogP) is 3.60. The van der Waals surface area contributed by atoms with Gasteiger partial charge in [0.05, 0.1) is 0 Å². The standard InChI is InChI=1S/C16H27NO/c17-12-13-8-10-15(11-9-13)16(18)14-6-4-2-1-3-5-7-14/h6,13,15H,1-5,7-12,17H2. The lowest BCUT2D eigenvalue weighted by molar-refractivity contribution is -0.120. The Bertz CT molecular complexity index is 300. The molecule has 2 rings (SSSR count). The highest BCUT2D eigenvalue weighted by Gasteiger charge is 2.27. The zero-order valence-electron chi connectivity index (χ0n) is 11.5. The molecule has 0 aromatic carbocycles. The third kappa shape index (κ3) is 3.68. The maximum atomic E-state index is 12.5. The first-order chi connectivity index (χ1) is 8.81. The molecule has 2 nitrogen and oxygen atoms in total. The molecule has 18 heavy (non-hydrogen) atoms. The molecule has 0 spiro atoms. The smallest absolute Gasteiger partial charge is 0.161 e. The Morgan fingerprint density at radius 3 is 2.56 bits per heavy atom. The molecule has 0 atom stereocenters. The molecule has 0 heterocycles. The van der Waals surface area contributed by atoms with E-state index < -0.39 is 0 Å². The first kappa shape index (κ1) is 13.8. The number of carbonyl (C=O) groups excluding carboxylic acids is 1. The van der Waals surface area contributed by atoms with E-state index in [4.69, 9.17) is 5.73 Å². The normalized spacial score (nSPS) is 30.2. The summed E-state index contributed by atoms with van der Waals surface area (Å²) in [6.07, 6.45) is 13.9. The minimum Gasteiger partial charge on any atom is -0.330 e. The van der Waals surface area contributed by atoms with E-state index in [2.05, 4.69) is 6.08 Å². The summed E-state index contributed by atoms with van der Waals surface area (Å²) in [6.45, 7) is 0.795. The third-order valence-corrected chi connectivity index (χ3v) is 4.66. The first-order valence-electron chi connectivity index (χ1n) is 7.74. The van der Waals surface area contributed by atoms with Crippen molar-refractivity contribution in [3.8, 4) is 0 Å². The fourth-order valence-electron chi connectivity index (χ4n) is 3.34. The second-order valence-electron chi connectivity index (χ2n) is 6.00. The maximum absolute atomic E-state index is 12.5. The molecule has 1 saturated carbocycles. The van der Waals surface area contributed by atoms with Crippen LogP contribution in [0.4, 0.5) is 0 Å². The Balaban J connectivity index is 1.90. The zero-order valence-corrected chi connectivity index (χ0v) is 11.5. The maximum Gasteiger partial charge on any atom is 0.161 e. The Hall–Kier alpha value is -0.630. The van der Waals surface area contributed by atoms with Crippen LogP contribution in [0.3, 0.4) is 0 Å². The van der Waals surface area contributed by atoms with Crippen LogP contribution < -0.4 is 5.73 Å². The average molecular weight is 249 g/mol. The molecule has 0 aliphatic heterocycles. The van der Waals surface area contributed by atoms with Crippen molar-refractivity contribution >= 4 is 5.78 Å². The van der Waals surface area contributed by atoms with E-state index in [1.165, 1.54) is 25.7 Å². The van der Waals surface area contributed by atoms with Gasteiger partial charge in [0.2, 0.25) is 0 Å². The molecule has 2 aliphatic carbocycles. The molecule has 2 aliphatic rings. The van der Waals surface area contributed by atoms with Crippen molar-refractivity contribution in [2.75, 3.05) is 6.54 Å². The zero-order chi connectivity index (χ0) is 12.8. The fraction of sp³-hybridized carbons (Fsp3) is 0.812. The summed E-state index contributed by atoms with van der Waals surface area (Å²) in [5.41, 5.74) is 6.85. The number of nitrogens with two attached hydrogens (primary N) is 1. The summed E-state index contributed by atoms with van der Waals surface area (Å²) in [5, 5.41) is 0. The van der Waals surface area contributed by atoms with Crippen molar-refractivity contribution in [3.05, 3.63) is 11.6 Å². The van der Waals surface area contributed by atoms with Crippen molar-refractivity contribution in [2.24, 2.45) is 17.6 Å². The number of rotatable bonds is 3. The second kappa shape index (κ2) is 7.08. The number of ketones is 1. The largest absolute Gasteiger partial charge is 0.330 e. The summed E-state index contributed by atoms with van der Waals surface area (Å²) in [4.78, 5) is 12.5. The van der Waals surface area contributed by atoms with Gasteiger partial charge in [-0.25, -0.2) is 0 Å². The molecule has 2 heteroatoms. The van der Waals surface area contributed by atoms with Crippen LogP contribution in [0.15, 0.2) is 11.6 Å². The topological polar surface area (TPSA) is 43.1 Å². The van der Waals surface area contributed by atoms with E-state index in [-0.39, 0.29) is 0 Å². The monoisotopic (exact) mass is 249 g/mol. The number of hydrogen-bond donors (Lipinski definition) is 1. The first-order valence-corrected chi connectivity index (χ1v) is 7.74. The van der Waals surface area contributed by atoms with Gasteiger partial charge in [-0.1, -0.05) is 18.9 Å². The van der Waals surface area contributed by atoms with Crippen LogP contribution in [-0.4, -0.2) is 12.3 Å². The van der Waals surface area contributed by atoms with Gasteiger partial charge in [0.25, 0.3) is 0 Å². The van der Waals surface area contributed by atoms with Gasteiger partial charge in [-0.3, -0.25) is 4.79 Å². The van der Waals surface area contributed by atoms with Crippen LogP contribution in [0.1, 0.15) is 64.2 Å².